The van der Waals surface area contributed by atoms with Crippen molar-refractivity contribution in [3.63, 3.8) is 0 Å². The molecule has 24 heteroatoms. The summed E-state index contributed by atoms with van der Waals surface area (Å²) in [6.07, 6.45) is 8.43. The van der Waals surface area contributed by atoms with Gasteiger partial charge in [0.05, 0.1) is 142 Å². The van der Waals surface area contributed by atoms with Gasteiger partial charge in [-0.1, -0.05) is 26.0 Å². The summed E-state index contributed by atoms with van der Waals surface area (Å²) in [4.78, 5) is 85.6. The molecule has 5 N–H and O–H groups in total. The van der Waals surface area contributed by atoms with Gasteiger partial charge in [0.2, 0.25) is 23.6 Å². The van der Waals surface area contributed by atoms with Crippen molar-refractivity contribution in [3.8, 4) is 23.0 Å². The summed E-state index contributed by atoms with van der Waals surface area (Å²) >= 11 is 0. The Balaban J connectivity index is 0.748. The van der Waals surface area contributed by atoms with Crippen molar-refractivity contribution in [1.82, 2.24) is 15.1 Å². The number of anilines is 2. The van der Waals surface area contributed by atoms with Crippen LogP contribution in [0.2, 0.25) is 0 Å². The number of carbonyl (C=O) groups is 6. The summed E-state index contributed by atoms with van der Waals surface area (Å²) < 4.78 is 61.9. The number of unbranched alkanes of at least 4 members (excludes halogenated alkanes) is 2. The monoisotopic (exact) mass is 1200 g/mol. The number of fused-ring (bicyclic) bond motifs is 4. The van der Waals surface area contributed by atoms with Crippen LogP contribution >= 0.6 is 0 Å². The third-order valence-corrected chi connectivity index (χ3v) is 14.8. The van der Waals surface area contributed by atoms with Crippen LogP contribution in [0.4, 0.5) is 17.1 Å². The molecule has 7 rings (SSSR count). The molecule has 0 aromatic heterocycles. The summed E-state index contributed by atoms with van der Waals surface area (Å²) in [5, 5.41) is 8.69. The highest BCUT2D eigenvalue weighted by molar-refractivity contribution is 6.11. The smallest absolute Gasteiger partial charge is 0.260 e. The lowest BCUT2D eigenvalue weighted by Gasteiger charge is -2.23. The van der Waals surface area contributed by atoms with Gasteiger partial charge in [-0.3, -0.25) is 33.8 Å². The van der Waals surface area contributed by atoms with Crippen LogP contribution in [-0.2, 0) is 52.3 Å². The molecule has 0 aliphatic carbocycles. The summed E-state index contributed by atoms with van der Waals surface area (Å²) in [5.41, 5.74) is 9.08. The van der Waals surface area contributed by atoms with Gasteiger partial charge in [-0.05, 0) is 86.8 Å². The first kappa shape index (κ1) is 66.3. The van der Waals surface area contributed by atoms with Crippen molar-refractivity contribution < 1.29 is 80.9 Å². The van der Waals surface area contributed by atoms with E-state index in [0.717, 1.165) is 24.0 Å². The third kappa shape index (κ3) is 19.7. The Morgan fingerprint density at radius 2 is 1.22 bits per heavy atom. The lowest BCUT2D eigenvalue weighted by molar-refractivity contribution is -0.130. The summed E-state index contributed by atoms with van der Waals surface area (Å²) in [6.45, 7) is 12.5. The van der Waals surface area contributed by atoms with E-state index in [-0.39, 0.29) is 53.8 Å². The van der Waals surface area contributed by atoms with E-state index in [2.05, 4.69) is 16.0 Å². The molecule has 3 aromatic rings. The van der Waals surface area contributed by atoms with Crippen LogP contribution in [0.15, 0.2) is 59.7 Å². The SMILES string of the molecule is COc1cc2c(cc1OCCCCCOc1cc3c(cc1OC)C(=O)N1CCC[C@H]1C(=O)N3)N=C[C@@H]1CC(c3ccc(NC(=O)[C@H](C)NC(=O)[C@@H](CCOCCOCCOCCOCCOCCOCCOCCC(N)=O)C(C)C)cc3)=CN1C2=O. The number of ether oxygens (including phenoxy) is 11. The summed E-state index contributed by atoms with van der Waals surface area (Å²) in [5.74, 6) is -0.207. The molecule has 0 spiro atoms. The number of amides is 6. The van der Waals surface area contributed by atoms with Crippen molar-refractivity contribution in [2.75, 3.05) is 137 Å². The average molecular weight is 1200 g/mol. The molecular weight excluding hydrogens is 1110 g/mol. The molecule has 0 radical (unpaired) electrons. The van der Waals surface area contributed by atoms with Crippen molar-refractivity contribution in [1.29, 1.82) is 0 Å². The number of primary amides is 1. The van der Waals surface area contributed by atoms with Gasteiger partial charge in [0, 0.05) is 62.1 Å². The van der Waals surface area contributed by atoms with Crippen LogP contribution in [0.25, 0.3) is 5.57 Å². The quantitative estimate of drug-likeness (QED) is 0.0478. The second-order valence-electron chi connectivity index (χ2n) is 21.3. The molecule has 3 aromatic carbocycles. The third-order valence-electron chi connectivity index (χ3n) is 14.8. The first-order valence-corrected chi connectivity index (χ1v) is 29.7. The molecule has 6 amide bonds. The van der Waals surface area contributed by atoms with Crippen LogP contribution in [0.1, 0.15) is 98.4 Å². The molecule has 4 aliphatic rings. The topological polar surface area (TPSA) is 285 Å². The summed E-state index contributed by atoms with van der Waals surface area (Å²) in [7, 11) is 3.04. The first-order valence-electron chi connectivity index (χ1n) is 29.7. The van der Waals surface area contributed by atoms with Gasteiger partial charge in [0.15, 0.2) is 23.0 Å². The minimum atomic E-state index is -0.799. The Bertz CT molecular complexity index is 2790. The number of hydrogen-bond acceptors (Lipinski definition) is 18. The Morgan fingerprint density at radius 3 is 1.79 bits per heavy atom. The lowest BCUT2D eigenvalue weighted by Crippen LogP contribution is -2.45. The standard InChI is InChI=1S/C62H85N7O17/c1-41(2)47(15-20-78-22-24-80-26-28-82-30-32-84-33-31-83-29-27-81-25-23-79-21-16-57(63)70)59(72)65-42(3)58(71)66-45-13-11-43(12-14-45)44-34-46-39-64-50-37-55(53(76-4)35-48(50)62(75)69(46)40-44)85-18-7-6-8-19-86-56-38-51-49(36-54(56)77-5)61(74)68-17-9-10-52(68)60(73)67-51/h11-14,35-42,46-47,52H,6-10,15-34H2,1-5H3,(H2,63,70)(H,65,72)(H,66,71)(H,67,73)/t42-,46-,47-,52-/m0/s1. The van der Waals surface area contributed by atoms with Crippen LogP contribution in [0.5, 0.6) is 23.0 Å². The maximum atomic E-state index is 14.1. The normalized spacial score (nSPS) is 16.7. The predicted molar refractivity (Wildman–Crippen MR) is 319 cm³/mol. The largest absolute Gasteiger partial charge is 0.493 e. The fourth-order valence-electron chi connectivity index (χ4n) is 10.1. The van der Waals surface area contributed by atoms with E-state index in [4.69, 9.17) is 62.8 Å². The van der Waals surface area contributed by atoms with E-state index in [1.165, 1.54) is 14.2 Å². The number of aliphatic imine (C=N–C) groups is 1. The Morgan fingerprint density at radius 1 is 0.663 bits per heavy atom. The molecule has 0 bridgehead atoms. The van der Waals surface area contributed by atoms with Gasteiger partial charge in [-0.15, -0.1) is 0 Å². The van der Waals surface area contributed by atoms with Crippen molar-refractivity contribution in [3.05, 3.63) is 71.4 Å². The summed E-state index contributed by atoms with van der Waals surface area (Å²) in [6, 6.07) is 12.5. The number of hydrogen-bond donors (Lipinski definition) is 4. The molecule has 0 unspecified atom stereocenters. The highest BCUT2D eigenvalue weighted by Crippen LogP contribution is 2.41. The van der Waals surface area contributed by atoms with Crippen LogP contribution in [0.3, 0.4) is 0 Å². The van der Waals surface area contributed by atoms with E-state index in [0.29, 0.717) is 196 Å². The zero-order valence-electron chi connectivity index (χ0n) is 50.2. The van der Waals surface area contributed by atoms with Gasteiger partial charge >= 0.3 is 0 Å². The van der Waals surface area contributed by atoms with Crippen molar-refractivity contribution >= 4 is 64.3 Å². The average Bonchev–Trinajstić information content (AvgIpc) is 2.94. The van der Waals surface area contributed by atoms with E-state index in [9.17, 15) is 28.8 Å². The van der Waals surface area contributed by atoms with Crippen molar-refractivity contribution in [2.45, 2.75) is 90.3 Å². The lowest BCUT2D eigenvalue weighted by atomic mass is 9.91. The highest BCUT2D eigenvalue weighted by Gasteiger charge is 2.39. The van der Waals surface area contributed by atoms with E-state index in [1.807, 2.05) is 32.2 Å². The number of methoxy groups -OCH3 is 2. The van der Waals surface area contributed by atoms with Crippen LogP contribution in [0, 0.1) is 11.8 Å². The minimum absolute atomic E-state index is 0.0148. The number of nitrogens with zero attached hydrogens (tertiary/aromatic N) is 3. The Labute approximate surface area is 503 Å². The van der Waals surface area contributed by atoms with Gasteiger partial charge in [0.25, 0.3) is 11.8 Å². The molecule has 1 saturated heterocycles. The fraction of sp³-hybridized carbons (Fsp3) is 0.565. The van der Waals surface area contributed by atoms with E-state index in [1.54, 1.807) is 59.3 Å². The van der Waals surface area contributed by atoms with Crippen LogP contribution in [-0.4, -0.2) is 196 Å². The number of carbonyl (C=O) groups excluding carboxylic acids is 6. The predicted octanol–water partition coefficient (Wildman–Crippen LogP) is 5.96. The maximum absolute atomic E-state index is 14.1. The van der Waals surface area contributed by atoms with Crippen molar-refractivity contribution in [2.24, 2.45) is 22.6 Å². The van der Waals surface area contributed by atoms with Gasteiger partial charge in [-0.2, -0.15) is 0 Å². The fourth-order valence-corrected chi connectivity index (χ4v) is 10.1. The molecule has 1 fully saturated rings. The number of nitrogens with two attached hydrogens (primary N) is 1. The molecule has 4 heterocycles. The Kier molecular flexibility index (Phi) is 26.9. The minimum Gasteiger partial charge on any atom is -0.493 e. The molecular formula is C62H85N7O17. The maximum Gasteiger partial charge on any atom is 0.260 e. The number of rotatable bonds is 40. The second kappa shape index (κ2) is 34.8. The first-order chi connectivity index (χ1) is 41.8. The van der Waals surface area contributed by atoms with E-state index >= 15 is 0 Å². The Hall–Kier alpha value is -7.19. The van der Waals surface area contributed by atoms with E-state index < -0.39 is 18.0 Å². The van der Waals surface area contributed by atoms with Crippen LogP contribution < -0.4 is 40.6 Å². The molecule has 0 saturated carbocycles. The highest BCUT2D eigenvalue weighted by atomic mass is 16.6. The molecule has 86 heavy (non-hydrogen) atoms. The zero-order chi connectivity index (χ0) is 61.2. The van der Waals surface area contributed by atoms with Gasteiger partial charge in [0.1, 0.15) is 12.1 Å². The number of benzene rings is 3. The second-order valence-corrected chi connectivity index (χ2v) is 21.3. The van der Waals surface area contributed by atoms with Gasteiger partial charge < -0.3 is 83.6 Å². The number of nitrogens with one attached hydrogen (secondary N) is 3. The molecule has 24 nitrogen and oxygen atoms in total. The molecule has 4 aliphatic heterocycles. The molecule has 4 atom stereocenters. The zero-order valence-corrected chi connectivity index (χ0v) is 50.2. The van der Waals surface area contributed by atoms with Gasteiger partial charge in [-0.25, -0.2) is 0 Å². The molecule has 470 valence electrons.